The van der Waals surface area contributed by atoms with Crippen LogP contribution in [0.5, 0.6) is 11.5 Å². The van der Waals surface area contributed by atoms with Crippen molar-refractivity contribution < 1.29 is 23.5 Å². The maximum atomic E-state index is 13.3. The number of amides is 3. The van der Waals surface area contributed by atoms with Gasteiger partial charge in [-0.1, -0.05) is 36.4 Å². The van der Waals surface area contributed by atoms with Crippen LogP contribution < -0.4 is 20.5 Å². The number of piperidine rings is 1. The summed E-state index contributed by atoms with van der Waals surface area (Å²) in [5, 5.41) is 2.98. The summed E-state index contributed by atoms with van der Waals surface area (Å²) in [6, 6.07) is 28.1. The summed E-state index contributed by atoms with van der Waals surface area (Å²) in [5.74, 6) is 0.639. The lowest BCUT2D eigenvalue weighted by Gasteiger charge is -2.32. The molecule has 4 aromatic carbocycles. The Hall–Kier alpha value is -4.85. The van der Waals surface area contributed by atoms with E-state index in [9.17, 15) is 14.0 Å². The third-order valence-corrected chi connectivity index (χ3v) is 6.74. The van der Waals surface area contributed by atoms with E-state index in [1.165, 1.54) is 12.1 Å². The van der Waals surface area contributed by atoms with Crippen molar-refractivity contribution in [3.05, 3.63) is 114 Å². The lowest BCUT2D eigenvalue weighted by Crippen LogP contribution is -2.43. The number of hydrogen-bond acceptors (Lipinski definition) is 4. The van der Waals surface area contributed by atoms with E-state index in [1.54, 1.807) is 29.2 Å². The number of rotatable bonds is 8. The summed E-state index contributed by atoms with van der Waals surface area (Å²) in [6.45, 7) is 1.43. The van der Waals surface area contributed by atoms with Crippen LogP contribution >= 0.6 is 0 Å². The van der Waals surface area contributed by atoms with Gasteiger partial charge in [-0.05, 0) is 77.4 Å². The molecular weight excluding hydrogens is 509 g/mol. The number of benzene rings is 4. The Kier molecular flexibility index (Phi) is 8.25. The number of nitrogens with two attached hydrogens (primary N) is 1. The number of likely N-dealkylation sites (tertiary alicyclic amines) is 1. The van der Waals surface area contributed by atoms with Crippen LogP contribution in [0.4, 0.5) is 14.9 Å². The zero-order chi connectivity index (χ0) is 27.9. The van der Waals surface area contributed by atoms with E-state index in [4.69, 9.17) is 15.2 Å². The van der Waals surface area contributed by atoms with Gasteiger partial charge in [0.1, 0.15) is 30.0 Å². The molecular formula is C32H30FN3O4. The molecule has 40 heavy (non-hydrogen) atoms. The van der Waals surface area contributed by atoms with Crippen molar-refractivity contribution in [2.24, 2.45) is 5.73 Å². The van der Waals surface area contributed by atoms with Gasteiger partial charge < -0.3 is 25.4 Å². The van der Waals surface area contributed by atoms with E-state index in [0.29, 0.717) is 42.9 Å². The largest absolute Gasteiger partial charge is 0.490 e. The number of urea groups is 1. The standard InChI is InChI=1S/C32H30FN3O4/c33-26-8-1-4-22(18-26)21-39-28-10-12-29(13-11-28)40-30-14-16-36(17-15-30)32(38)35-27-9-3-6-24(20-27)23-5-2-7-25(19-23)31(34)37/h1-13,18-20,30H,14-17,21H2,(H2,34,37)(H,35,38). The van der Waals surface area contributed by atoms with Crippen molar-refractivity contribution in [1.82, 2.24) is 4.90 Å². The number of carbonyl (C=O) groups excluding carboxylic acids is 2. The highest BCUT2D eigenvalue weighted by Gasteiger charge is 2.24. The SMILES string of the molecule is NC(=O)c1cccc(-c2cccc(NC(=O)N3CCC(Oc4ccc(OCc5cccc(F)c5)cc4)CC3)c2)c1. The summed E-state index contributed by atoms with van der Waals surface area (Å²) in [5.41, 5.74) is 8.99. The van der Waals surface area contributed by atoms with E-state index in [2.05, 4.69) is 5.32 Å². The van der Waals surface area contributed by atoms with E-state index in [-0.39, 0.29) is 24.6 Å². The molecule has 0 unspecified atom stereocenters. The maximum absolute atomic E-state index is 13.3. The number of primary amides is 1. The topological polar surface area (TPSA) is 93.9 Å². The van der Waals surface area contributed by atoms with Crippen molar-refractivity contribution in [3.63, 3.8) is 0 Å². The molecule has 1 aliphatic heterocycles. The van der Waals surface area contributed by atoms with Gasteiger partial charge in [-0.2, -0.15) is 0 Å². The van der Waals surface area contributed by atoms with Crippen LogP contribution in [0.1, 0.15) is 28.8 Å². The minimum absolute atomic E-state index is 0.00368. The van der Waals surface area contributed by atoms with Crippen molar-refractivity contribution in [2.45, 2.75) is 25.6 Å². The molecule has 1 fully saturated rings. The van der Waals surface area contributed by atoms with E-state index in [1.807, 2.05) is 60.7 Å². The zero-order valence-corrected chi connectivity index (χ0v) is 21.9. The molecule has 1 aliphatic rings. The molecule has 0 radical (unpaired) electrons. The van der Waals surface area contributed by atoms with Gasteiger partial charge in [0.05, 0.1) is 0 Å². The average Bonchev–Trinajstić information content (AvgIpc) is 2.97. The van der Waals surface area contributed by atoms with Crippen LogP contribution in [0, 0.1) is 5.82 Å². The third kappa shape index (κ3) is 6.96. The van der Waals surface area contributed by atoms with Crippen LogP contribution in [0.25, 0.3) is 11.1 Å². The van der Waals surface area contributed by atoms with Gasteiger partial charge in [-0.3, -0.25) is 4.79 Å². The lowest BCUT2D eigenvalue weighted by molar-refractivity contribution is 0.1000. The summed E-state index contributed by atoms with van der Waals surface area (Å²) >= 11 is 0. The zero-order valence-electron chi connectivity index (χ0n) is 21.9. The molecule has 0 spiro atoms. The van der Waals surface area contributed by atoms with Gasteiger partial charge in [0.25, 0.3) is 0 Å². The molecule has 0 bridgehead atoms. The molecule has 1 heterocycles. The van der Waals surface area contributed by atoms with Crippen LogP contribution in [-0.4, -0.2) is 36.0 Å². The number of anilines is 1. The Morgan fingerprint density at radius 3 is 2.25 bits per heavy atom. The van der Waals surface area contributed by atoms with Gasteiger partial charge in [0, 0.05) is 37.2 Å². The number of nitrogens with one attached hydrogen (secondary N) is 1. The Morgan fingerprint density at radius 2 is 1.52 bits per heavy atom. The van der Waals surface area contributed by atoms with Crippen LogP contribution in [0.2, 0.25) is 0 Å². The summed E-state index contributed by atoms with van der Waals surface area (Å²) in [4.78, 5) is 26.2. The van der Waals surface area contributed by atoms with Crippen molar-refractivity contribution in [2.75, 3.05) is 18.4 Å². The molecule has 0 aliphatic carbocycles. The molecule has 4 aromatic rings. The van der Waals surface area contributed by atoms with Crippen molar-refractivity contribution >= 4 is 17.6 Å². The van der Waals surface area contributed by atoms with E-state index < -0.39 is 5.91 Å². The first kappa shape index (κ1) is 26.7. The number of ether oxygens (including phenoxy) is 2. The fourth-order valence-corrected chi connectivity index (χ4v) is 4.61. The monoisotopic (exact) mass is 539 g/mol. The first-order valence-corrected chi connectivity index (χ1v) is 13.1. The molecule has 204 valence electrons. The van der Waals surface area contributed by atoms with E-state index >= 15 is 0 Å². The normalized spacial score (nSPS) is 13.5. The minimum atomic E-state index is -0.484. The molecule has 5 rings (SSSR count). The Balaban J connectivity index is 1.09. The second kappa shape index (κ2) is 12.3. The quantitative estimate of drug-likeness (QED) is 0.277. The fraction of sp³-hybridized carbons (Fsp3) is 0.188. The number of nitrogens with zero attached hydrogens (tertiary/aromatic N) is 1. The Bertz CT molecular complexity index is 1480. The maximum Gasteiger partial charge on any atom is 0.321 e. The van der Waals surface area contributed by atoms with Gasteiger partial charge in [0.2, 0.25) is 5.91 Å². The van der Waals surface area contributed by atoms with Gasteiger partial charge >= 0.3 is 6.03 Å². The van der Waals surface area contributed by atoms with Crippen LogP contribution in [0.3, 0.4) is 0 Å². The Morgan fingerprint density at radius 1 is 0.850 bits per heavy atom. The molecule has 0 aromatic heterocycles. The summed E-state index contributed by atoms with van der Waals surface area (Å²) in [7, 11) is 0. The first-order chi connectivity index (χ1) is 19.4. The van der Waals surface area contributed by atoms with Gasteiger partial charge in [-0.25, -0.2) is 9.18 Å². The number of carbonyl (C=O) groups is 2. The number of hydrogen-bond donors (Lipinski definition) is 2. The minimum Gasteiger partial charge on any atom is -0.490 e. The molecule has 1 saturated heterocycles. The summed E-state index contributed by atoms with van der Waals surface area (Å²) < 4.78 is 25.2. The second-order valence-corrected chi connectivity index (χ2v) is 9.65. The van der Waals surface area contributed by atoms with Crippen LogP contribution in [-0.2, 0) is 6.61 Å². The predicted octanol–water partition coefficient (Wildman–Crippen LogP) is 6.25. The molecule has 3 N–H and O–H groups in total. The molecule has 0 atom stereocenters. The number of halogens is 1. The van der Waals surface area contributed by atoms with Crippen molar-refractivity contribution in [1.29, 1.82) is 0 Å². The van der Waals surface area contributed by atoms with E-state index in [0.717, 1.165) is 22.4 Å². The van der Waals surface area contributed by atoms with Gasteiger partial charge in [-0.15, -0.1) is 0 Å². The third-order valence-electron chi connectivity index (χ3n) is 6.74. The highest BCUT2D eigenvalue weighted by atomic mass is 19.1. The fourth-order valence-electron chi connectivity index (χ4n) is 4.61. The highest BCUT2D eigenvalue weighted by Crippen LogP contribution is 2.25. The second-order valence-electron chi connectivity index (χ2n) is 9.65. The molecule has 0 saturated carbocycles. The summed E-state index contributed by atoms with van der Waals surface area (Å²) in [6.07, 6.45) is 1.43. The smallest absolute Gasteiger partial charge is 0.321 e. The molecule has 8 heteroatoms. The highest BCUT2D eigenvalue weighted by molar-refractivity contribution is 5.94. The van der Waals surface area contributed by atoms with Gasteiger partial charge in [0.15, 0.2) is 0 Å². The Labute approximate surface area is 232 Å². The lowest BCUT2D eigenvalue weighted by atomic mass is 10.0. The van der Waals surface area contributed by atoms with Crippen molar-refractivity contribution in [3.8, 4) is 22.6 Å². The predicted molar refractivity (Wildman–Crippen MR) is 152 cm³/mol. The molecule has 3 amide bonds. The molecule has 7 nitrogen and oxygen atoms in total. The van der Waals surface area contributed by atoms with Crippen LogP contribution in [0.15, 0.2) is 97.1 Å². The average molecular weight is 540 g/mol. The first-order valence-electron chi connectivity index (χ1n) is 13.1.